The van der Waals surface area contributed by atoms with Crippen molar-refractivity contribution in [1.29, 1.82) is 0 Å². The largest absolute Gasteiger partial charge is 0.595 e. The molecule has 1 unspecified atom stereocenters. The molecule has 118 valence electrons. The van der Waals surface area contributed by atoms with Gasteiger partial charge < -0.3 is 9.94 Å². The second kappa shape index (κ2) is 5.43. The van der Waals surface area contributed by atoms with Crippen LogP contribution in [0.1, 0.15) is 20.7 Å². The Morgan fingerprint density at radius 2 is 1.96 bits per heavy atom. The van der Waals surface area contributed by atoms with Crippen molar-refractivity contribution >= 4 is 34.2 Å². The number of methoxy groups -OCH3 is 1. The van der Waals surface area contributed by atoms with Crippen LogP contribution in [0.4, 0.5) is 5.69 Å². The Bertz CT molecular complexity index is 845. The summed E-state index contributed by atoms with van der Waals surface area (Å²) in [5.41, 5.74) is 0.266. The standard InChI is InChI=1S/C15H12N2O6/c1-23-12(18)7-16-14(19)10-4-2-3-8-5-9(17(21)22)6-11(13(8)10)15(16)20/h2-6,17,21H,7H2,1H3. The lowest BCUT2D eigenvalue weighted by molar-refractivity contribution is -0.991. The molecule has 8 heteroatoms. The van der Waals surface area contributed by atoms with E-state index in [-0.39, 0.29) is 16.8 Å². The molecular weight excluding hydrogens is 304 g/mol. The van der Waals surface area contributed by atoms with Crippen LogP contribution in [0.3, 0.4) is 0 Å². The first-order valence-corrected chi connectivity index (χ1v) is 6.67. The van der Waals surface area contributed by atoms with Crippen LogP contribution in [0, 0.1) is 5.21 Å². The lowest BCUT2D eigenvalue weighted by Gasteiger charge is -2.26. The van der Waals surface area contributed by atoms with Crippen LogP contribution < -0.4 is 5.23 Å². The minimum atomic E-state index is -1.18. The van der Waals surface area contributed by atoms with E-state index in [0.29, 0.717) is 10.8 Å². The molecule has 0 radical (unpaired) electrons. The van der Waals surface area contributed by atoms with Crippen LogP contribution in [0.2, 0.25) is 0 Å². The molecule has 1 aliphatic heterocycles. The van der Waals surface area contributed by atoms with Gasteiger partial charge in [0.05, 0.1) is 12.7 Å². The minimum absolute atomic E-state index is 0.0645. The number of quaternary nitrogens is 1. The van der Waals surface area contributed by atoms with Gasteiger partial charge in [0.25, 0.3) is 11.8 Å². The Morgan fingerprint density at radius 1 is 1.26 bits per heavy atom. The number of amides is 2. The topological polar surface area (TPSA) is 111 Å². The summed E-state index contributed by atoms with van der Waals surface area (Å²) in [7, 11) is 1.15. The summed E-state index contributed by atoms with van der Waals surface area (Å²) in [5, 5.41) is 20.1. The first-order chi connectivity index (χ1) is 10.9. The van der Waals surface area contributed by atoms with Crippen molar-refractivity contribution in [3.05, 3.63) is 46.7 Å². The fourth-order valence-corrected chi connectivity index (χ4v) is 2.62. The minimum Gasteiger partial charge on any atom is -0.595 e. The molecule has 2 aromatic rings. The van der Waals surface area contributed by atoms with Gasteiger partial charge in [0.1, 0.15) is 6.54 Å². The quantitative estimate of drug-likeness (QED) is 0.469. The Hall–Kier alpha value is -2.81. The lowest BCUT2D eigenvalue weighted by atomic mass is 9.93. The number of imide groups is 1. The van der Waals surface area contributed by atoms with E-state index in [0.717, 1.165) is 12.0 Å². The van der Waals surface area contributed by atoms with Crippen LogP contribution in [-0.4, -0.2) is 41.5 Å². The number of ether oxygens (including phenoxy) is 1. The molecule has 0 saturated heterocycles. The third-order valence-electron chi connectivity index (χ3n) is 3.69. The highest BCUT2D eigenvalue weighted by atomic mass is 16.8. The zero-order valence-electron chi connectivity index (χ0n) is 12.0. The summed E-state index contributed by atoms with van der Waals surface area (Å²) in [6.07, 6.45) is 0. The third-order valence-corrected chi connectivity index (χ3v) is 3.69. The van der Waals surface area contributed by atoms with Crippen LogP contribution >= 0.6 is 0 Å². The molecule has 2 N–H and O–H groups in total. The summed E-state index contributed by atoms with van der Waals surface area (Å²) in [4.78, 5) is 37.2. The summed E-state index contributed by atoms with van der Waals surface area (Å²) in [5.74, 6) is -2.06. The van der Waals surface area contributed by atoms with Crippen LogP contribution in [0.15, 0.2) is 30.3 Å². The number of hydrogen-bond acceptors (Lipinski definition) is 6. The van der Waals surface area contributed by atoms with Gasteiger partial charge in [-0.25, -0.2) is 5.21 Å². The second-order valence-electron chi connectivity index (χ2n) is 5.01. The average Bonchev–Trinajstić information content (AvgIpc) is 2.55. The van der Waals surface area contributed by atoms with Crippen molar-refractivity contribution < 1.29 is 29.6 Å². The molecule has 0 bridgehead atoms. The molecule has 1 aliphatic rings. The Kier molecular flexibility index (Phi) is 3.57. The van der Waals surface area contributed by atoms with Crippen molar-refractivity contribution in [2.75, 3.05) is 13.7 Å². The van der Waals surface area contributed by atoms with Crippen molar-refractivity contribution in [3.63, 3.8) is 0 Å². The van der Waals surface area contributed by atoms with Crippen LogP contribution in [0.5, 0.6) is 0 Å². The summed E-state index contributed by atoms with van der Waals surface area (Å²) in [6.45, 7) is -0.526. The molecule has 8 nitrogen and oxygen atoms in total. The average molecular weight is 316 g/mol. The molecule has 0 saturated carbocycles. The summed E-state index contributed by atoms with van der Waals surface area (Å²) < 4.78 is 4.49. The molecule has 0 aliphatic carbocycles. The monoisotopic (exact) mass is 316 g/mol. The molecule has 0 aromatic heterocycles. The van der Waals surface area contributed by atoms with Gasteiger partial charge in [0, 0.05) is 23.1 Å². The van der Waals surface area contributed by atoms with Gasteiger partial charge >= 0.3 is 5.97 Å². The van der Waals surface area contributed by atoms with Crippen molar-refractivity contribution in [2.24, 2.45) is 0 Å². The first-order valence-electron chi connectivity index (χ1n) is 6.67. The van der Waals surface area contributed by atoms with Gasteiger partial charge in [0.2, 0.25) is 0 Å². The SMILES string of the molecule is COC(=O)CN1C(=O)c2cccc3cc([NH+]([O-])O)cc(c23)C1=O. The van der Waals surface area contributed by atoms with Crippen LogP contribution in [0.25, 0.3) is 10.8 Å². The molecule has 23 heavy (non-hydrogen) atoms. The number of esters is 1. The number of benzene rings is 2. The van der Waals surface area contributed by atoms with E-state index in [1.54, 1.807) is 12.1 Å². The van der Waals surface area contributed by atoms with Gasteiger partial charge in [-0.3, -0.25) is 19.3 Å². The maximum Gasteiger partial charge on any atom is 0.325 e. The van der Waals surface area contributed by atoms with E-state index >= 15 is 0 Å². The highest BCUT2D eigenvalue weighted by Crippen LogP contribution is 2.31. The molecule has 0 spiro atoms. The number of carbonyl (C=O) groups is 3. The summed E-state index contributed by atoms with van der Waals surface area (Å²) >= 11 is 0. The maximum absolute atomic E-state index is 12.5. The van der Waals surface area contributed by atoms with E-state index in [1.165, 1.54) is 18.2 Å². The second-order valence-corrected chi connectivity index (χ2v) is 5.01. The Morgan fingerprint density at radius 3 is 2.61 bits per heavy atom. The zero-order valence-corrected chi connectivity index (χ0v) is 12.0. The molecular formula is C15H12N2O6. The fourth-order valence-electron chi connectivity index (χ4n) is 2.62. The number of carbonyl (C=O) groups excluding carboxylic acids is 3. The fraction of sp³-hybridized carbons (Fsp3) is 0.133. The highest BCUT2D eigenvalue weighted by Gasteiger charge is 2.35. The van der Waals surface area contributed by atoms with Crippen molar-refractivity contribution in [1.82, 2.24) is 4.90 Å². The number of nitrogens with one attached hydrogen (secondary N) is 1. The molecule has 1 atom stereocenters. The Labute approximate surface area is 130 Å². The lowest BCUT2D eigenvalue weighted by Crippen LogP contribution is -2.99. The van der Waals surface area contributed by atoms with Crippen LogP contribution in [-0.2, 0) is 9.53 Å². The van der Waals surface area contributed by atoms with E-state index < -0.39 is 29.6 Å². The van der Waals surface area contributed by atoms with E-state index in [1.807, 2.05) is 0 Å². The zero-order chi connectivity index (χ0) is 16.7. The number of nitrogens with zero attached hydrogens (tertiary/aromatic N) is 1. The molecule has 1 heterocycles. The van der Waals surface area contributed by atoms with Gasteiger partial charge in [-0.05, 0) is 11.5 Å². The number of rotatable bonds is 3. The van der Waals surface area contributed by atoms with Crippen molar-refractivity contribution in [2.45, 2.75) is 0 Å². The van der Waals surface area contributed by atoms with Gasteiger partial charge in [0.15, 0.2) is 5.69 Å². The van der Waals surface area contributed by atoms with Gasteiger partial charge in [-0.1, -0.05) is 12.1 Å². The summed E-state index contributed by atoms with van der Waals surface area (Å²) in [6, 6.07) is 7.38. The smallest absolute Gasteiger partial charge is 0.325 e. The molecule has 3 rings (SSSR count). The predicted molar refractivity (Wildman–Crippen MR) is 77.1 cm³/mol. The number of hydrogen-bond donors (Lipinski definition) is 2. The molecule has 2 aromatic carbocycles. The first kappa shape index (κ1) is 15.1. The van der Waals surface area contributed by atoms with Crippen molar-refractivity contribution in [3.8, 4) is 0 Å². The van der Waals surface area contributed by atoms with Gasteiger partial charge in [-0.15, -0.1) is 0 Å². The normalized spacial score (nSPS) is 15.0. The highest BCUT2D eigenvalue weighted by molar-refractivity contribution is 6.26. The predicted octanol–water partition coefficient (Wildman–Crippen LogP) is 0.0122. The third kappa shape index (κ3) is 2.34. The molecule has 2 amide bonds. The molecule has 0 fully saturated rings. The Balaban J connectivity index is 2.23. The van der Waals surface area contributed by atoms with E-state index in [9.17, 15) is 24.8 Å². The van der Waals surface area contributed by atoms with Gasteiger partial charge in [-0.2, -0.15) is 5.23 Å². The maximum atomic E-state index is 12.5. The van der Waals surface area contributed by atoms with E-state index in [2.05, 4.69) is 4.74 Å². The van der Waals surface area contributed by atoms with E-state index in [4.69, 9.17) is 0 Å².